The molecule has 0 radical (unpaired) electrons. The van der Waals surface area contributed by atoms with Crippen LogP contribution in [0.1, 0.15) is 21.5 Å². The molecule has 3 rings (SSSR count). The molecule has 0 spiro atoms. The highest BCUT2D eigenvalue weighted by molar-refractivity contribution is 5.97. The molecule has 0 unspecified atom stereocenters. The smallest absolute Gasteiger partial charge is 0.249 e. The first kappa shape index (κ1) is 11.8. The number of amides is 1. The van der Waals surface area contributed by atoms with E-state index >= 15 is 0 Å². The Morgan fingerprint density at radius 3 is 2.95 bits per heavy atom. The molecular formula is C14H15N3O2. The van der Waals surface area contributed by atoms with Crippen LogP contribution in [0.2, 0.25) is 0 Å². The Morgan fingerprint density at radius 2 is 2.21 bits per heavy atom. The molecule has 98 valence electrons. The molecule has 1 aromatic heterocycles. The van der Waals surface area contributed by atoms with Gasteiger partial charge in [0.2, 0.25) is 5.91 Å². The van der Waals surface area contributed by atoms with Crippen LogP contribution in [0.5, 0.6) is 5.75 Å². The monoisotopic (exact) mass is 257 g/mol. The maximum atomic E-state index is 11.6. The Hall–Kier alpha value is -2.30. The summed E-state index contributed by atoms with van der Waals surface area (Å²) < 4.78 is 7.85. The highest BCUT2D eigenvalue weighted by Gasteiger charge is 2.22. The van der Waals surface area contributed by atoms with Crippen molar-refractivity contribution in [2.75, 3.05) is 6.61 Å². The molecule has 0 saturated heterocycles. The van der Waals surface area contributed by atoms with E-state index < -0.39 is 5.91 Å². The molecular weight excluding hydrogens is 242 g/mol. The number of carbonyl (C=O) groups excluding carboxylic acids is 1. The number of primary amides is 1. The predicted molar refractivity (Wildman–Crippen MR) is 71.1 cm³/mol. The van der Waals surface area contributed by atoms with Crippen molar-refractivity contribution in [3.05, 3.63) is 35.3 Å². The average molecular weight is 257 g/mol. The molecule has 1 aromatic carbocycles. The van der Waals surface area contributed by atoms with Crippen molar-refractivity contribution < 1.29 is 9.53 Å². The minimum absolute atomic E-state index is 0.418. The number of ether oxygens (including phenoxy) is 1. The molecule has 2 heterocycles. The van der Waals surface area contributed by atoms with Gasteiger partial charge in [0.05, 0.1) is 24.8 Å². The van der Waals surface area contributed by atoms with Crippen molar-refractivity contribution in [3.63, 3.8) is 0 Å². The molecule has 1 amide bonds. The van der Waals surface area contributed by atoms with Gasteiger partial charge in [-0.3, -0.25) is 4.79 Å². The molecule has 1 aliphatic rings. The number of carbonyl (C=O) groups is 1. The molecule has 0 saturated carbocycles. The fraction of sp³-hybridized carbons (Fsp3) is 0.286. The number of imidazole rings is 1. The van der Waals surface area contributed by atoms with Crippen molar-refractivity contribution in [2.24, 2.45) is 5.73 Å². The molecule has 5 heteroatoms. The largest absolute Gasteiger partial charge is 0.491 e. The van der Waals surface area contributed by atoms with Crippen molar-refractivity contribution in [2.45, 2.75) is 20.4 Å². The van der Waals surface area contributed by atoms with Gasteiger partial charge in [0.15, 0.2) is 0 Å². The number of aromatic nitrogens is 2. The molecule has 5 nitrogen and oxygen atoms in total. The summed E-state index contributed by atoms with van der Waals surface area (Å²) in [4.78, 5) is 15.7. The highest BCUT2D eigenvalue weighted by Crippen LogP contribution is 2.38. The van der Waals surface area contributed by atoms with Crippen LogP contribution >= 0.6 is 0 Å². The zero-order valence-electron chi connectivity index (χ0n) is 10.9. The third-order valence-electron chi connectivity index (χ3n) is 3.67. The number of hydrogen-bond donors (Lipinski definition) is 1. The van der Waals surface area contributed by atoms with Gasteiger partial charge in [-0.15, -0.1) is 0 Å². The fourth-order valence-electron chi connectivity index (χ4n) is 2.49. The molecule has 19 heavy (non-hydrogen) atoms. The zero-order chi connectivity index (χ0) is 13.6. The minimum atomic E-state index is -0.418. The van der Waals surface area contributed by atoms with Crippen LogP contribution < -0.4 is 10.5 Å². The molecule has 0 aliphatic carbocycles. The summed E-state index contributed by atoms with van der Waals surface area (Å²) in [5.74, 6) is 0.403. The first-order chi connectivity index (χ1) is 9.09. The molecule has 2 N–H and O–H groups in total. The normalized spacial score (nSPS) is 13.2. The van der Waals surface area contributed by atoms with Gasteiger partial charge in [-0.2, -0.15) is 0 Å². The lowest BCUT2D eigenvalue weighted by atomic mass is 9.96. The van der Waals surface area contributed by atoms with E-state index in [1.54, 1.807) is 18.6 Å². The van der Waals surface area contributed by atoms with Crippen LogP contribution in [-0.4, -0.2) is 22.1 Å². The lowest BCUT2D eigenvalue weighted by Gasteiger charge is -2.15. The zero-order valence-corrected chi connectivity index (χ0v) is 10.9. The summed E-state index contributed by atoms with van der Waals surface area (Å²) in [6.07, 6.45) is 3.56. The maximum absolute atomic E-state index is 11.6. The molecule has 2 aromatic rings. The SMILES string of the molecule is Cc1c(C(N)=O)cc2c(c1C)OCCn1cncc1-2. The van der Waals surface area contributed by atoms with Gasteiger partial charge in [-0.1, -0.05) is 0 Å². The topological polar surface area (TPSA) is 70.1 Å². The number of hydrogen-bond acceptors (Lipinski definition) is 3. The van der Waals surface area contributed by atoms with Crippen LogP contribution in [0.25, 0.3) is 11.3 Å². The van der Waals surface area contributed by atoms with Gasteiger partial charge >= 0.3 is 0 Å². The fourth-order valence-corrected chi connectivity index (χ4v) is 2.49. The second-order valence-electron chi connectivity index (χ2n) is 4.74. The van der Waals surface area contributed by atoms with E-state index in [0.29, 0.717) is 12.2 Å². The average Bonchev–Trinajstić information content (AvgIpc) is 2.76. The summed E-state index contributed by atoms with van der Waals surface area (Å²) >= 11 is 0. The summed E-state index contributed by atoms with van der Waals surface area (Å²) in [5, 5.41) is 0. The molecule has 0 atom stereocenters. The number of nitrogens with two attached hydrogens (primary N) is 1. The van der Waals surface area contributed by atoms with Crippen molar-refractivity contribution in [1.29, 1.82) is 0 Å². The van der Waals surface area contributed by atoms with E-state index in [1.807, 2.05) is 18.4 Å². The summed E-state index contributed by atoms with van der Waals surface area (Å²) in [6, 6.07) is 1.80. The summed E-state index contributed by atoms with van der Waals surface area (Å²) in [7, 11) is 0. The lowest BCUT2D eigenvalue weighted by Crippen LogP contribution is -2.14. The second kappa shape index (κ2) is 4.12. The van der Waals surface area contributed by atoms with Crippen molar-refractivity contribution in [1.82, 2.24) is 9.55 Å². The molecule has 0 bridgehead atoms. The summed E-state index contributed by atoms with van der Waals surface area (Å²) in [5.41, 5.74) is 9.66. The van der Waals surface area contributed by atoms with E-state index in [-0.39, 0.29) is 0 Å². The minimum Gasteiger partial charge on any atom is -0.491 e. The number of benzene rings is 1. The Kier molecular flexibility index (Phi) is 2.55. The Bertz CT molecular complexity index is 674. The van der Waals surface area contributed by atoms with E-state index in [4.69, 9.17) is 10.5 Å². The summed E-state index contributed by atoms with van der Waals surface area (Å²) in [6.45, 7) is 5.18. The number of nitrogens with zero attached hydrogens (tertiary/aromatic N) is 2. The van der Waals surface area contributed by atoms with Gasteiger partial charge in [0, 0.05) is 11.1 Å². The number of fused-ring (bicyclic) bond motifs is 3. The second-order valence-corrected chi connectivity index (χ2v) is 4.74. The van der Waals surface area contributed by atoms with Crippen LogP contribution in [-0.2, 0) is 6.54 Å². The quantitative estimate of drug-likeness (QED) is 0.844. The van der Waals surface area contributed by atoms with Crippen LogP contribution in [0, 0.1) is 13.8 Å². The van der Waals surface area contributed by atoms with Crippen LogP contribution in [0.15, 0.2) is 18.6 Å². The van der Waals surface area contributed by atoms with Gasteiger partial charge in [0.1, 0.15) is 12.4 Å². The molecule has 1 aliphatic heterocycles. The van der Waals surface area contributed by atoms with E-state index in [9.17, 15) is 4.79 Å². The van der Waals surface area contributed by atoms with E-state index in [0.717, 1.165) is 34.7 Å². The first-order valence-corrected chi connectivity index (χ1v) is 6.17. The van der Waals surface area contributed by atoms with Crippen molar-refractivity contribution in [3.8, 4) is 17.0 Å². The third kappa shape index (κ3) is 1.69. The van der Waals surface area contributed by atoms with Crippen LogP contribution in [0.3, 0.4) is 0 Å². The standard InChI is InChI=1S/C14H15N3O2/c1-8-9(2)13-11(5-10(8)14(15)18)12-6-16-7-17(12)3-4-19-13/h5-7H,3-4H2,1-2H3,(H2,15,18). The lowest BCUT2D eigenvalue weighted by molar-refractivity contribution is 0.0999. The first-order valence-electron chi connectivity index (χ1n) is 6.17. The maximum Gasteiger partial charge on any atom is 0.249 e. The Morgan fingerprint density at radius 1 is 1.42 bits per heavy atom. The van der Waals surface area contributed by atoms with Gasteiger partial charge < -0.3 is 15.0 Å². The van der Waals surface area contributed by atoms with Gasteiger partial charge in [0.25, 0.3) is 0 Å². The Balaban J connectivity index is 2.34. The highest BCUT2D eigenvalue weighted by atomic mass is 16.5. The predicted octanol–water partition coefficient (Wildman–Crippen LogP) is 1.66. The van der Waals surface area contributed by atoms with Crippen LogP contribution in [0.4, 0.5) is 0 Å². The van der Waals surface area contributed by atoms with E-state index in [2.05, 4.69) is 4.98 Å². The third-order valence-corrected chi connectivity index (χ3v) is 3.67. The van der Waals surface area contributed by atoms with Gasteiger partial charge in [-0.25, -0.2) is 4.98 Å². The van der Waals surface area contributed by atoms with E-state index in [1.165, 1.54) is 0 Å². The molecule has 0 fully saturated rings. The van der Waals surface area contributed by atoms with Gasteiger partial charge in [-0.05, 0) is 31.0 Å². The number of rotatable bonds is 1. The Labute approximate surface area is 111 Å². The van der Waals surface area contributed by atoms with Crippen molar-refractivity contribution >= 4 is 5.91 Å².